The Bertz CT molecular complexity index is 984. The fourth-order valence-electron chi connectivity index (χ4n) is 3.77. The van der Waals surface area contributed by atoms with E-state index in [0.29, 0.717) is 16.2 Å². The Balaban J connectivity index is 1.63. The van der Waals surface area contributed by atoms with Crippen molar-refractivity contribution in [3.8, 4) is 11.5 Å². The molecule has 2 heterocycles. The van der Waals surface area contributed by atoms with Crippen LogP contribution in [-0.2, 0) is 11.3 Å². The van der Waals surface area contributed by atoms with Gasteiger partial charge in [0.25, 0.3) is 11.1 Å². The van der Waals surface area contributed by atoms with E-state index in [-0.39, 0.29) is 17.7 Å². The summed E-state index contributed by atoms with van der Waals surface area (Å²) in [6, 6.07) is 13.3. The van der Waals surface area contributed by atoms with Crippen LogP contribution in [0.4, 0.5) is 10.5 Å². The highest BCUT2D eigenvalue weighted by molar-refractivity contribution is 8.18. The van der Waals surface area contributed by atoms with Gasteiger partial charge >= 0.3 is 0 Å². The minimum absolute atomic E-state index is 0.261. The molecule has 0 radical (unpaired) electrons. The molecule has 2 fully saturated rings. The Morgan fingerprint density at radius 2 is 1.70 bits per heavy atom. The zero-order valence-corrected chi connectivity index (χ0v) is 17.9. The van der Waals surface area contributed by atoms with Crippen molar-refractivity contribution in [3.05, 3.63) is 58.5 Å². The van der Waals surface area contributed by atoms with Gasteiger partial charge in [-0.1, -0.05) is 30.3 Å². The Kier molecular flexibility index (Phi) is 5.99. The number of hydrogen-bond donors (Lipinski definition) is 0. The summed E-state index contributed by atoms with van der Waals surface area (Å²) in [4.78, 5) is 29.3. The Morgan fingerprint density at radius 3 is 2.37 bits per heavy atom. The molecule has 2 aliphatic rings. The largest absolute Gasteiger partial charge is 0.496 e. The van der Waals surface area contributed by atoms with Crippen molar-refractivity contribution in [3.63, 3.8) is 0 Å². The molecule has 0 aromatic heterocycles. The Labute approximate surface area is 180 Å². The average Bonchev–Trinajstić information content (AvgIpc) is 3.39. The number of anilines is 1. The second-order valence-electron chi connectivity index (χ2n) is 7.21. The SMILES string of the molecule is COc1cc(N2CCCC2)c(OC)cc1C=C1SC(=O)N(Cc2ccccc2)C1=O. The minimum Gasteiger partial charge on any atom is -0.496 e. The normalized spacial score (nSPS) is 17.9. The molecule has 2 amide bonds. The minimum atomic E-state index is -0.293. The van der Waals surface area contributed by atoms with E-state index in [0.717, 1.165) is 54.7 Å². The van der Waals surface area contributed by atoms with Gasteiger partial charge < -0.3 is 14.4 Å². The smallest absolute Gasteiger partial charge is 0.293 e. The van der Waals surface area contributed by atoms with E-state index in [2.05, 4.69) is 4.90 Å². The topological polar surface area (TPSA) is 59.1 Å². The number of amides is 2. The molecule has 0 atom stereocenters. The van der Waals surface area contributed by atoms with Crippen molar-refractivity contribution in [2.75, 3.05) is 32.2 Å². The van der Waals surface area contributed by atoms with E-state index in [1.54, 1.807) is 20.3 Å². The van der Waals surface area contributed by atoms with Crippen molar-refractivity contribution in [2.24, 2.45) is 0 Å². The molecule has 2 aromatic rings. The highest BCUT2D eigenvalue weighted by Gasteiger charge is 2.35. The van der Waals surface area contributed by atoms with E-state index in [9.17, 15) is 9.59 Å². The predicted octanol–water partition coefficient (Wildman–Crippen LogP) is 4.54. The van der Waals surface area contributed by atoms with Gasteiger partial charge in [0, 0.05) is 24.7 Å². The second kappa shape index (κ2) is 8.83. The number of imide groups is 1. The molecule has 0 saturated carbocycles. The number of methoxy groups -OCH3 is 2. The summed E-state index contributed by atoms with van der Waals surface area (Å²) in [5.41, 5.74) is 2.61. The van der Waals surface area contributed by atoms with Gasteiger partial charge in [-0.15, -0.1) is 0 Å². The van der Waals surface area contributed by atoms with Crippen LogP contribution in [0.3, 0.4) is 0 Å². The van der Waals surface area contributed by atoms with Gasteiger partial charge in [-0.3, -0.25) is 14.5 Å². The predicted molar refractivity (Wildman–Crippen MR) is 119 cm³/mol. The molecular formula is C23H24N2O4S. The highest BCUT2D eigenvalue weighted by atomic mass is 32.2. The van der Waals surface area contributed by atoms with Crippen molar-refractivity contribution in [1.29, 1.82) is 0 Å². The quantitative estimate of drug-likeness (QED) is 0.635. The van der Waals surface area contributed by atoms with Crippen LogP contribution in [0.5, 0.6) is 11.5 Å². The number of nitrogens with zero attached hydrogens (tertiary/aromatic N) is 2. The Hall–Kier alpha value is -2.93. The van der Waals surface area contributed by atoms with E-state index >= 15 is 0 Å². The van der Waals surface area contributed by atoms with Crippen LogP contribution < -0.4 is 14.4 Å². The molecule has 30 heavy (non-hydrogen) atoms. The van der Waals surface area contributed by atoms with Gasteiger partial charge in [-0.2, -0.15) is 0 Å². The number of benzene rings is 2. The summed E-state index contributed by atoms with van der Waals surface area (Å²) in [5, 5.41) is -0.269. The first-order valence-electron chi connectivity index (χ1n) is 9.91. The number of hydrogen-bond acceptors (Lipinski definition) is 6. The van der Waals surface area contributed by atoms with Crippen LogP contribution in [0.1, 0.15) is 24.0 Å². The molecule has 156 valence electrons. The summed E-state index contributed by atoms with van der Waals surface area (Å²) in [5.74, 6) is 1.08. The fourth-order valence-corrected chi connectivity index (χ4v) is 4.60. The first-order valence-corrected chi connectivity index (χ1v) is 10.7. The van der Waals surface area contributed by atoms with E-state index < -0.39 is 0 Å². The molecule has 2 aliphatic heterocycles. The van der Waals surface area contributed by atoms with Crippen LogP contribution >= 0.6 is 11.8 Å². The lowest BCUT2D eigenvalue weighted by molar-refractivity contribution is -0.123. The third kappa shape index (κ3) is 4.03. The molecule has 0 aliphatic carbocycles. The maximum atomic E-state index is 12.9. The maximum Gasteiger partial charge on any atom is 0.293 e. The number of carbonyl (C=O) groups is 2. The van der Waals surface area contributed by atoms with Crippen LogP contribution in [-0.4, -0.2) is 43.4 Å². The van der Waals surface area contributed by atoms with Gasteiger partial charge in [-0.25, -0.2) is 0 Å². The lowest BCUT2D eigenvalue weighted by Crippen LogP contribution is -2.27. The van der Waals surface area contributed by atoms with E-state index in [1.165, 1.54) is 4.90 Å². The Morgan fingerprint density at radius 1 is 1.00 bits per heavy atom. The van der Waals surface area contributed by atoms with Gasteiger partial charge in [0.05, 0.1) is 31.4 Å². The van der Waals surface area contributed by atoms with Crippen molar-refractivity contribution in [1.82, 2.24) is 4.90 Å². The fraction of sp³-hybridized carbons (Fsp3) is 0.304. The van der Waals surface area contributed by atoms with E-state index in [4.69, 9.17) is 9.47 Å². The standard InChI is InChI=1S/C23H24N2O4S/c1-28-19-14-18(24-10-6-7-11-24)20(29-2)12-17(19)13-21-22(26)25(23(27)30-21)15-16-8-4-3-5-9-16/h3-5,8-9,12-14H,6-7,10-11,15H2,1-2H3. The van der Waals surface area contributed by atoms with Gasteiger partial charge in [0.15, 0.2) is 0 Å². The number of thioether (sulfide) groups is 1. The maximum absolute atomic E-state index is 12.9. The summed E-state index contributed by atoms with van der Waals surface area (Å²) in [6.45, 7) is 2.23. The zero-order valence-electron chi connectivity index (χ0n) is 17.1. The van der Waals surface area contributed by atoms with Crippen molar-refractivity contribution >= 4 is 34.7 Å². The molecule has 7 heteroatoms. The van der Waals surface area contributed by atoms with Gasteiger partial charge in [0.2, 0.25) is 0 Å². The van der Waals surface area contributed by atoms with Crippen LogP contribution in [0.25, 0.3) is 6.08 Å². The number of carbonyl (C=O) groups excluding carboxylic acids is 2. The molecule has 0 N–H and O–H groups in total. The van der Waals surface area contributed by atoms with Gasteiger partial charge in [-0.05, 0) is 42.3 Å². The molecule has 0 bridgehead atoms. The highest BCUT2D eigenvalue weighted by Crippen LogP contribution is 2.40. The molecule has 6 nitrogen and oxygen atoms in total. The summed E-state index contributed by atoms with van der Waals surface area (Å²) in [7, 11) is 3.24. The number of rotatable bonds is 6. The lowest BCUT2D eigenvalue weighted by atomic mass is 10.1. The van der Waals surface area contributed by atoms with Crippen LogP contribution in [0.15, 0.2) is 47.4 Å². The zero-order chi connectivity index (χ0) is 21.1. The third-order valence-corrected chi connectivity index (χ3v) is 6.23. The molecule has 0 unspecified atom stereocenters. The van der Waals surface area contributed by atoms with E-state index in [1.807, 2.05) is 42.5 Å². The first kappa shape index (κ1) is 20.3. The van der Waals surface area contributed by atoms with Crippen LogP contribution in [0.2, 0.25) is 0 Å². The summed E-state index contributed by atoms with van der Waals surface area (Å²) in [6.07, 6.45) is 4.02. The molecule has 0 spiro atoms. The average molecular weight is 425 g/mol. The lowest BCUT2D eigenvalue weighted by Gasteiger charge is -2.22. The first-order chi connectivity index (χ1) is 14.6. The second-order valence-corrected chi connectivity index (χ2v) is 8.21. The summed E-state index contributed by atoms with van der Waals surface area (Å²) < 4.78 is 11.2. The van der Waals surface area contributed by atoms with Crippen molar-refractivity contribution in [2.45, 2.75) is 19.4 Å². The van der Waals surface area contributed by atoms with Gasteiger partial charge in [0.1, 0.15) is 11.5 Å². The number of ether oxygens (including phenoxy) is 2. The molecular weight excluding hydrogens is 400 g/mol. The third-order valence-electron chi connectivity index (χ3n) is 5.32. The molecule has 2 saturated heterocycles. The molecule has 2 aromatic carbocycles. The summed E-state index contributed by atoms with van der Waals surface area (Å²) >= 11 is 0.950. The molecule has 4 rings (SSSR count). The monoisotopic (exact) mass is 424 g/mol. The van der Waals surface area contributed by atoms with Crippen molar-refractivity contribution < 1.29 is 19.1 Å². The van der Waals surface area contributed by atoms with Crippen LogP contribution in [0, 0.1) is 0 Å².